The van der Waals surface area contributed by atoms with Crippen LogP contribution in [0.5, 0.6) is 5.75 Å². The van der Waals surface area contributed by atoms with Gasteiger partial charge in [-0.05, 0) is 31.7 Å². The highest BCUT2D eigenvalue weighted by Crippen LogP contribution is 2.31. The maximum Gasteiger partial charge on any atom is 0.276 e. The van der Waals surface area contributed by atoms with Crippen LogP contribution in [0, 0.1) is 0 Å². The first kappa shape index (κ1) is 18.9. The summed E-state index contributed by atoms with van der Waals surface area (Å²) in [6.07, 6.45) is 4.60. The van der Waals surface area contributed by atoms with Crippen molar-refractivity contribution in [3.05, 3.63) is 41.7 Å². The molecule has 0 spiro atoms. The van der Waals surface area contributed by atoms with Crippen LogP contribution in [0.25, 0.3) is 0 Å². The molecule has 1 saturated carbocycles. The second-order valence-electron chi connectivity index (χ2n) is 7.41. The molecule has 2 aromatic rings. The van der Waals surface area contributed by atoms with E-state index < -0.39 is 0 Å². The van der Waals surface area contributed by atoms with E-state index in [-0.39, 0.29) is 24.2 Å². The molecule has 0 bridgehead atoms. The lowest BCUT2D eigenvalue weighted by atomic mass is 9.89. The van der Waals surface area contributed by atoms with E-state index in [1.807, 2.05) is 24.3 Å². The molecule has 28 heavy (non-hydrogen) atoms. The van der Waals surface area contributed by atoms with Crippen LogP contribution >= 0.6 is 0 Å². The summed E-state index contributed by atoms with van der Waals surface area (Å²) in [6.45, 7) is 1.77. The number of likely N-dealkylation sites (tertiary alicyclic amines) is 1. The van der Waals surface area contributed by atoms with Gasteiger partial charge < -0.3 is 19.5 Å². The summed E-state index contributed by atoms with van der Waals surface area (Å²) in [5.74, 6) is 0.720. The van der Waals surface area contributed by atoms with Crippen molar-refractivity contribution in [1.82, 2.24) is 19.9 Å². The van der Waals surface area contributed by atoms with Gasteiger partial charge in [-0.2, -0.15) is 0 Å². The number of benzene rings is 1. The lowest BCUT2D eigenvalue weighted by Crippen LogP contribution is -2.41. The molecule has 1 aromatic heterocycles. The molecule has 150 valence electrons. The lowest BCUT2D eigenvalue weighted by Gasteiger charge is -2.32. The number of nitrogens with zero attached hydrogens (tertiary/aromatic N) is 4. The number of methoxy groups -OCH3 is 1. The Morgan fingerprint density at radius 3 is 2.68 bits per heavy atom. The van der Waals surface area contributed by atoms with E-state index in [9.17, 15) is 9.90 Å². The highest BCUT2D eigenvalue weighted by Gasteiger charge is 2.33. The maximum atomic E-state index is 12.7. The third-order valence-electron chi connectivity index (χ3n) is 5.67. The number of carbonyl (C=O) groups excluding carboxylic acids is 1. The van der Waals surface area contributed by atoms with Crippen LogP contribution in [0.15, 0.2) is 30.5 Å². The molecule has 1 aromatic carbocycles. The molecule has 2 atom stereocenters. The highest BCUT2D eigenvalue weighted by atomic mass is 16.5. The molecule has 0 radical (unpaired) electrons. The van der Waals surface area contributed by atoms with E-state index in [1.165, 1.54) is 0 Å². The number of ether oxygens (including phenoxy) is 2. The van der Waals surface area contributed by atoms with Crippen molar-refractivity contribution in [2.45, 2.75) is 50.5 Å². The van der Waals surface area contributed by atoms with Gasteiger partial charge in [0, 0.05) is 18.7 Å². The molecular weight excluding hydrogens is 360 g/mol. The van der Waals surface area contributed by atoms with Crippen molar-refractivity contribution in [3.8, 4) is 5.75 Å². The summed E-state index contributed by atoms with van der Waals surface area (Å²) in [6, 6.07) is 7.78. The minimum absolute atomic E-state index is 0.0526. The van der Waals surface area contributed by atoms with Crippen molar-refractivity contribution < 1.29 is 19.4 Å². The van der Waals surface area contributed by atoms with Crippen molar-refractivity contribution >= 4 is 5.91 Å². The number of aliphatic hydroxyl groups is 1. The van der Waals surface area contributed by atoms with Crippen LogP contribution in [0.4, 0.5) is 0 Å². The van der Waals surface area contributed by atoms with Gasteiger partial charge in [0.1, 0.15) is 5.75 Å². The van der Waals surface area contributed by atoms with Gasteiger partial charge in [0.15, 0.2) is 5.69 Å². The van der Waals surface area contributed by atoms with Gasteiger partial charge in [0.05, 0.1) is 38.2 Å². The number of para-hydroxylation sites is 1. The summed E-state index contributed by atoms with van der Waals surface area (Å²) < 4.78 is 13.0. The molecule has 8 nitrogen and oxygen atoms in total. The van der Waals surface area contributed by atoms with Gasteiger partial charge in [-0.25, -0.2) is 4.68 Å². The number of piperidine rings is 1. The molecule has 2 heterocycles. The van der Waals surface area contributed by atoms with Gasteiger partial charge in [-0.3, -0.25) is 4.79 Å². The molecule has 4 rings (SSSR count). The molecule has 2 aliphatic rings. The van der Waals surface area contributed by atoms with Crippen molar-refractivity contribution in [1.29, 1.82) is 0 Å². The first-order valence-electron chi connectivity index (χ1n) is 9.78. The molecule has 1 amide bonds. The number of hydrogen-bond donors (Lipinski definition) is 1. The molecule has 0 unspecified atom stereocenters. The number of carbonyl (C=O) groups is 1. The Morgan fingerprint density at radius 2 is 2.00 bits per heavy atom. The average Bonchev–Trinajstić information content (AvgIpc) is 3.20. The van der Waals surface area contributed by atoms with E-state index >= 15 is 0 Å². The van der Waals surface area contributed by atoms with Crippen LogP contribution in [-0.2, 0) is 11.3 Å². The predicted molar refractivity (Wildman–Crippen MR) is 101 cm³/mol. The summed E-state index contributed by atoms with van der Waals surface area (Å²) in [4.78, 5) is 14.5. The van der Waals surface area contributed by atoms with Gasteiger partial charge >= 0.3 is 0 Å². The first-order valence-corrected chi connectivity index (χ1v) is 9.78. The monoisotopic (exact) mass is 386 g/mol. The molecule has 1 aliphatic carbocycles. The van der Waals surface area contributed by atoms with Crippen LogP contribution in [0.2, 0.25) is 0 Å². The van der Waals surface area contributed by atoms with Crippen LogP contribution in [-0.4, -0.2) is 63.3 Å². The van der Waals surface area contributed by atoms with Crippen LogP contribution in [0.3, 0.4) is 0 Å². The summed E-state index contributed by atoms with van der Waals surface area (Å²) in [5.41, 5.74) is 1.37. The maximum absolute atomic E-state index is 12.7. The van der Waals surface area contributed by atoms with E-state index in [2.05, 4.69) is 10.3 Å². The zero-order valence-electron chi connectivity index (χ0n) is 16.0. The standard InChI is InChI=1S/C20H26N4O4/c1-27-19-5-3-2-4-14(19)13-28-15-8-10-23(11-9-15)20(26)16-12-24(22-21-16)17-6-7-18(17)25/h2-5,12,15,17-18,25H,6-11,13H2,1H3/t17-,18-/m1/s1. The fourth-order valence-electron chi connectivity index (χ4n) is 3.73. The Labute approximate surface area is 164 Å². The minimum Gasteiger partial charge on any atom is -0.496 e. The third kappa shape index (κ3) is 3.88. The average molecular weight is 386 g/mol. The summed E-state index contributed by atoms with van der Waals surface area (Å²) >= 11 is 0. The minimum atomic E-state index is -0.388. The number of rotatable bonds is 6. The largest absolute Gasteiger partial charge is 0.496 e. The Morgan fingerprint density at radius 1 is 1.21 bits per heavy atom. The number of aliphatic hydroxyl groups excluding tert-OH is 1. The highest BCUT2D eigenvalue weighted by molar-refractivity contribution is 5.92. The number of amides is 1. The lowest BCUT2D eigenvalue weighted by molar-refractivity contribution is -0.00111. The first-order chi connectivity index (χ1) is 13.7. The van der Waals surface area contributed by atoms with Crippen LogP contribution < -0.4 is 4.74 Å². The van der Waals surface area contributed by atoms with Crippen LogP contribution in [0.1, 0.15) is 47.8 Å². The molecule has 1 saturated heterocycles. The zero-order chi connectivity index (χ0) is 19.5. The van der Waals surface area contributed by atoms with Gasteiger partial charge in [0.2, 0.25) is 0 Å². The Kier molecular flexibility index (Phi) is 5.59. The zero-order valence-corrected chi connectivity index (χ0v) is 16.0. The quantitative estimate of drug-likeness (QED) is 0.814. The molecule has 2 fully saturated rings. The summed E-state index contributed by atoms with van der Waals surface area (Å²) in [7, 11) is 1.66. The Hall–Kier alpha value is -2.45. The second kappa shape index (κ2) is 8.28. The topological polar surface area (TPSA) is 89.7 Å². The SMILES string of the molecule is COc1ccccc1COC1CCN(C(=O)c2cn([C@@H]3CC[C@H]3O)nn2)CC1. The normalized spacial score (nSPS) is 22.7. The van der Waals surface area contributed by atoms with Gasteiger partial charge in [0.25, 0.3) is 5.91 Å². The van der Waals surface area contributed by atoms with Crippen molar-refractivity contribution in [2.24, 2.45) is 0 Å². The van der Waals surface area contributed by atoms with Crippen molar-refractivity contribution in [2.75, 3.05) is 20.2 Å². The molecular formula is C20H26N4O4. The Bertz CT molecular complexity index is 816. The predicted octanol–water partition coefficient (Wildman–Crippen LogP) is 1.80. The van der Waals surface area contributed by atoms with E-state index in [1.54, 1.807) is 22.9 Å². The molecule has 8 heteroatoms. The molecule has 1 aliphatic heterocycles. The fourth-order valence-corrected chi connectivity index (χ4v) is 3.73. The fraction of sp³-hybridized carbons (Fsp3) is 0.550. The summed E-state index contributed by atoms with van der Waals surface area (Å²) in [5, 5.41) is 17.8. The smallest absolute Gasteiger partial charge is 0.276 e. The van der Waals surface area contributed by atoms with E-state index in [0.29, 0.717) is 25.4 Å². The Balaban J connectivity index is 1.27. The third-order valence-corrected chi connectivity index (χ3v) is 5.67. The number of aromatic nitrogens is 3. The number of hydrogen-bond acceptors (Lipinski definition) is 6. The van der Waals surface area contributed by atoms with Crippen molar-refractivity contribution in [3.63, 3.8) is 0 Å². The van der Waals surface area contributed by atoms with E-state index in [0.717, 1.165) is 37.0 Å². The second-order valence-corrected chi connectivity index (χ2v) is 7.41. The van der Waals surface area contributed by atoms with E-state index in [4.69, 9.17) is 9.47 Å². The van der Waals surface area contributed by atoms with Gasteiger partial charge in [-0.15, -0.1) is 5.10 Å². The van der Waals surface area contributed by atoms with Gasteiger partial charge in [-0.1, -0.05) is 23.4 Å². The molecule has 1 N–H and O–H groups in total.